The van der Waals surface area contributed by atoms with Crippen LogP contribution in [0.4, 0.5) is 17.6 Å². The summed E-state index contributed by atoms with van der Waals surface area (Å²) in [5.41, 5.74) is 0.904. The third-order valence-corrected chi connectivity index (χ3v) is 6.84. The predicted octanol–water partition coefficient (Wildman–Crippen LogP) is 7.82. The van der Waals surface area contributed by atoms with E-state index in [4.69, 9.17) is 4.74 Å². The summed E-state index contributed by atoms with van der Waals surface area (Å²) in [7, 11) is 1.19. The monoisotopic (exact) mass is 486 g/mol. The third-order valence-electron chi connectivity index (χ3n) is 6.84. The van der Waals surface area contributed by atoms with Gasteiger partial charge in [0.1, 0.15) is 0 Å². The normalized spacial score (nSPS) is 17.8. The molecule has 0 spiro atoms. The van der Waals surface area contributed by atoms with Crippen molar-refractivity contribution >= 4 is 5.97 Å². The lowest BCUT2D eigenvalue weighted by molar-refractivity contribution is 0.0726. The van der Waals surface area contributed by atoms with E-state index in [1.54, 1.807) is 12.1 Å². The fourth-order valence-electron chi connectivity index (χ4n) is 4.68. The Kier molecular flexibility index (Phi) is 7.43. The highest BCUT2D eigenvalue weighted by atomic mass is 19.2. The van der Waals surface area contributed by atoms with Gasteiger partial charge in [0.25, 0.3) is 0 Å². The molecule has 3 aromatic carbocycles. The van der Waals surface area contributed by atoms with Crippen LogP contribution in [0.15, 0.2) is 48.5 Å². The standard InChI is InChI=1S/C28H26F4O3/c1-3-16-4-6-17(7-5-16)20-12-13-21(25(30)24(20)29)18-8-10-19(11-9-18)28(33)35-23-15-14-22(34-2)26(31)27(23)32/h8-17H,3-7H2,1-2H3. The third kappa shape index (κ3) is 5.04. The summed E-state index contributed by atoms with van der Waals surface area (Å²) in [6.07, 6.45) is 4.86. The summed E-state index contributed by atoms with van der Waals surface area (Å²) < 4.78 is 67.5. The molecule has 0 saturated heterocycles. The molecule has 1 aliphatic rings. The van der Waals surface area contributed by atoms with Crippen molar-refractivity contribution in [3.63, 3.8) is 0 Å². The maximum Gasteiger partial charge on any atom is 0.343 e. The number of rotatable bonds is 6. The van der Waals surface area contributed by atoms with Crippen LogP contribution >= 0.6 is 0 Å². The number of carbonyl (C=O) groups is 1. The second kappa shape index (κ2) is 10.5. The number of carbonyl (C=O) groups excluding carboxylic acids is 1. The Morgan fingerprint density at radius 1 is 0.800 bits per heavy atom. The smallest absolute Gasteiger partial charge is 0.343 e. The van der Waals surface area contributed by atoms with Crippen molar-refractivity contribution in [2.24, 2.45) is 5.92 Å². The molecule has 184 valence electrons. The quantitative estimate of drug-likeness (QED) is 0.202. The zero-order valence-electron chi connectivity index (χ0n) is 19.5. The van der Waals surface area contributed by atoms with Gasteiger partial charge >= 0.3 is 5.97 Å². The molecule has 4 rings (SSSR count). The van der Waals surface area contributed by atoms with Crippen LogP contribution in [-0.2, 0) is 0 Å². The van der Waals surface area contributed by atoms with Crippen LogP contribution in [0.3, 0.4) is 0 Å². The van der Waals surface area contributed by atoms with Gasteiger partial charge in [0.15, 0.2) is 23.1 Å². The predicted molar refractivity (Wildman–Crippen MR) is 125 cm³/mol. The van der Waals surface area contributed by atoms with Crippen molar-refractivity contribution in [2.45, 2.75) is 44.9 Å². The lowest BCUT2D eigenvalue weighted by Crippen LogP contribution is -2.14. The van der Waals surface area contributed by atoms with Crippen molar-refractivity contribution < 1.29 is 31.8 Å². The molecular formula is C28H26F4O3. The lowest BCUT2D eigenvalue weighted by atomic mass is 9.77. The molecule has 0 aliphatic heterocycles. The highest BCUT2D eigenvalue weighted by molar-refractivity contribution is 5.91. The number of hydrogen-bond acceptors (Lipinski definition) is 3. The topological polar surface area (TPSA) is 35.5 Å². The Morgan fingerprint density at radius 3 is 2.06 bits per heavy atom. The van der Waals surface area contributed by atoms with E-state index in [9.17, 15) is 22.4 Å². The van der Waals surface area contributed by atoms with E-state index in [-0.39, 0.29) is 22.8 Å². The Bertz CT molecular complexity index is 1220. The first-order chi connectivity index (χ1) is 16.8. The molecule has 1 saturated carbocycles. The molecule has 0 N–H and O–H groups in total. The molecule has 3 nitrogen and oxygen atoms in total. The summed E-state index contributed by atoms with van der Waals surface area (Å²) in [6, 6.07) is 11.0. The number of esters is 1. The van der Waals surface area contributed by atoms with E-state index >= 15 is 0 Å². The van der Waals surface area contributed by atoms with Gasteiger partial charge in [-0.2, -0.15) is 8.78 Å². The van der Waals surface area contributed by atoms with Crippen LogP contribution in [0.25, 0.3) is 11.1 Å². The van der Waals surface area contributed by atoms with E-state index in [2.05, 4.69) is 11.7 Å². The number of ether oxygens (including phenoxy) is 2. The van der Waals surface area contributed by atoms with Gasteiger partial charge in [-0.05, 0) is 72.9 Å². The van der Waals surface area contributed by atoms with Gasteiger partial charge < -0.3 is 9.47 Å². The lowest BCUT2D eigenvalue weighted by Gasteiger charge is -2.28. The molecular weight excluding hydrogens is 460 g/mol. The Morgan fingerprint density at radius 2 is 1.43 bits per heavy atom. The van der Waals surface area contributed by atoms with E-state index in [0.29, 0.717) is 17.0 Å². The summed E-state index contributed by atoms with van der Waals surface area (Å²) in [4.78, 5) is 12.4. The molecule has 0 atom stereocenters. The van der Waals surface area contributed by atoms with Gasteiger partial charge in [-0.1, -0.05) is 37.6 Å². The van der Waals surface area contributed by atoms with Crippen LogP contribution in [0.5, 0.6) is 11.5 Å². The average molecular weight is 487 g/mol. The Hall–Kier alpha value is -3.35. The Labute approximate surface area is 201 Å². The highest BCUT2D eigenvalue weighted by Gasteiger charge is 2.26. The summed E-state index contributed by atoms with van der Waals surface area (Å²) in [5, 5.41) is 0. The van der Waals surface area contributed by atoms with Crippen LogP contribution in [-0.4, -0.2) is 13.1 Å². The molecule has 0 bridgehead atoms. The maximum atomic E-state index is 15.0. The van der Waals surface area contributed by atoms with Crippen LogP contribution in [0.2, 0.25) is 0 Å². The first-order valence-corrected chi connectivity index (χ1v) is 11.7. The van der Waals surface area contributed by atoms with E-state index < -0.39 is 35.0 Å². The van der Waals surface area contributed by atoms with Crippen molar-refractivity contribution in [1.82, 2.24) is 0 Å². The van der Waals surface area contributed by atoms with Gasteiger partial charge in [0.2, 0.25) is 11.6 Å². The van der Waals surface area contributed by atoms with Gasteiger partial charge in [-0.3, -0.25) is 0 Å². The molecule has 0 radical (unpaired) electrons. The number of methoxy groups -OCH3 is 1. The van der Waals surface area contributed by atoms with Crippen LogP contribution in [0.1, 0.15) is 60.9 Å². The molecule has 0 heterocycles. The van der Waals surface area contributed by atoms with Crippen LogP contribution in [0, 0.1) is 29.2 Å². The largest absolute Gasteiger partial charge is 0.494 e. The molecule has 0 aromatic heterocycles. The molecule has 0 amide bonds. The molecule has 1 fully saturated rings. The van der Waals surface area contributed by atoms with Gasteiger partial charge in [0.05, 0.1) is 12.7 Å². The minimum Gasteiger partial charge on any atom is -0.494 e. The number of hydrogen-bond donors (Lipinski definition) is 0. The molecule has 7 heteroatoms. The first kappa shape index (κ1) is 24.8. The minimum absolute atomic E-state index is 0.0154. The fourth-order valence-corrected chi connectivity index (χ4v) is 4.68. The second-order valence-corrected chi connectivity index (χ2v) is 8.82. The molecule has 1 aliphatic carbocycles. The maximum absolute atomic E-state index is 15.0. The molecule has 3 aromatic rings. The zero-order chi connectivity index (χ0) is 25.1. The van der Waals surface area contributed by atoms with Gasteiger partial charge in [0, 0.05) is 5.56 Å². The van der Waals surface area contributed by atoms with Crippen molar-refractivity contribution in [1.29, 1.82) is 0 Å². The second-order valence-electron chi connectivity index (χ2n) is 8.82. The summed E-state index contributed by atoms with van der Waals surface area (Å²) >= 11 is 0. The van der Waals surface area contributed by atoms with Crippen molar-refractivity contribution in [3.8, 4) is 22.6 Å². The van der Waals surface area contributed by atoms with E-state index in [0.717, 1.165) is 44.2 Å². The van der Waals surface area contributed by atoms with Crippen molar-refractivity contribution in [2.75, 3.05) is 7.11 Å². The molecule has 35 heavy (non-hydrogen) atoms. The van der Waals surface area contributed by atoms with Gasteiger partial charge in [-0.25, -0.2) is 13.6 Å². The number of halogens is 4. The SMILES string of the molecule is CCC1CCC(c2ccc(-c3ccc(C(=O)Oc4ccc(OC)c(F)c4F)cc3)c(F)c2F)CC1. The minimum atomic E-state index is -1.35. The van der Waals surface area contributed by atoms with E-state index in [1.807, 2.05) is 0 Å². The number of benzene rings is 3. The van der Waals surface area contributed by atoms with Gasteiger partial charge in [-0.15, -0.1) is 0 Å². The zero-order valence-corrected chi connectivity index (χ0v) is 19.5. The summed E-state index contributed by atoms with van der Waals surface area (Å²) in [6.45, 7) is 2.15. The summed E-state index contributed by atoms with van der Waals surface area (Å²) in [5.74, 6) is -5.54. The fraction of sp³-hybridized carbons (Fsp3) is 0.321. The van der Waals surface area contributed by atoms with E-state index in [1.165, 1.54) is 31.4 Å². The first-order valence-electron chi connectivity index (χ1n) is 11.7. The molecule has 0 unspecified atom stereocenters. The highest BCUT2D eigenvalue weighted by Crippen LogP contribution is 2.39. The van der Waals surface area contributed by atoms with Crippen molar-refractivity contribution in [3.05, 3.63) is 82.9 Å². The van der Waals surface area contributed by atoms with Crippen LogP contribution < -0.4 is 9.47 Å². The average Bonchev–Trinajstić information content (AvgIpc) is 2.88. The Balaban J connectivity index is 1.50.